The van der Waals surface area contributed by atoms with Gasteiger partial charge in [-0.2, -0.15) is 0 Å². The number of anilines is 1. The Kier molecular flexibility index (Phi) is 6.67. The van der Waals surface area contributed by atoms with Crippen LogP contribution in [0.15, 0.2) is 53.1 Å². The molecule has 1 aliphatic heterocycles. The number of thiazole rings is 1. The van der Waals surface area contributed by atoms with E-state index in [1.54, 1.807) is 38.1 Å². The van der Waals surface area contributed by atoms with Crippen LogP contribution in [0.3, 0.4) is 0 Å². The van der Waals surface area contributed by atoms with Crippen LogP contribution in [0.5, 0.6) is 0 Å². The fourth-order valence-electron chi connectivity index (χ4n) is 3.77. The number of aryl methyl sites for hydroxylation is 2. The zero-order valence-electron chi connectivity index (χ0n) is 19.2. The molecule has 1 N–H and O–H groups in total. The van der Waals surface area contributed by atoms with Crippen LogP contribution < -0.4 is 4.90 Å². The van der Waals surface area contributed by atoms with Crippen molar-refractivity contribution < 1.29 is 24.2 Å². The third kappa shape index (κ3) is 4.41. The highest BCUT2D eigenvalue weighted by molar-refractivity contribution is 7.14. The Hall–Kier alpha value is -3.30. The van der Waals surface area contributed by atoms with Gasteiger partial charge < -0.3 is 9.84 Å². The number of hydrogen-bond donors (Lipinski definition) is 1. The Labute approximate surface area is 205 Å². The van der Waals surface area contributed by atoms with Crippen LogP contribution in [0.1, 0.15) is 55.5 Å². The van der Waals surface area contributed by atoms with Crippen LogP contribution in [0.2, 0.25) is 0 Å². The van der Waals surface area contributed by atoms with E-state index in [0.717, 1.165) is 9.88 Å². The van der Waals surface area contributed by atoms with Gasteiger partial charge in [-0.25, -0.2) is 9.78 Å². The standard InChI is InChI=1S/C25H24N2O5S2/c1-13(2)12-32-25(31)16-7-9-17(10-8-16)27-20(18-6-5-11-33-18)19(22(29)24(27)30)21(28)23-14(3)26-15(4)34-23/h5-11,13,20,29H,12H2,1-4H3. The van der Waals surface area contributed by atoms with Crippen LogP contribution >= 0.6 is 22.7 Å². The van der Waals surface area contributed by atoms with E-state index in [1.165, 1.54) is 27.6 Å². The molecule has 2 aromatic heterocycles. The molecule has 1 aliphatic rings. The predicted molar refractivity (Wildman–Crippen MR) is 132 cm³/mol. The van der Waals surface area contributed by atoms with Crippen molar-refractivity contribution in [3.05, 3.63) is 79.1 Å². The van der Waals surface area contributed by atoms with E-state index >= 15 is 0 Å². The normalized spacial score (nSPS) is 16.0. The van der Waals surface area contributed by atoms with Crippen molar-refractivity contribution in [2.45, 2.75) is 33.7 Å². The van der Waals surface area contributed by atoms with Crippen LogP contribution in [0.25, 0.3) is 0 Å². The van der Waals surface area contributed by atoms with E-state index in [2.05, 4.69) is 4.98 Å². The molecule has 176 valence electrons. The Morgan fingerprint density at radius 2 is 1.88 bits per heavy atom. The lowest BCUT2D eigenvalue weighted by molar-refractivity contribution is -0.117. The molecule has 0 radical (unpaired) electrons. The lowest BCUT2D eigenvalue weighted by Gasteiger charge is -2.25. The maximum Gasteiger partial charge on any atom is 0.338 e. The van der Waals surface area contributed by atoms with E-state index in [9.17, 15) is 19.5 Å². The minimum Gasteiger partial charge on any atom is -0.503 e. The van der Waals surface area contributed by atoms with Gasteiger partial charge in [0.1, 0.15) is 6.04 Å². The zero-order valence-corrected chi connectivity index (χ0v) is 20.8. The first-order valence-electron chi connectivity index (χ1n) is 10.7. The lowest BCUT2D eigenvalue weighted by atomic mass is 10.00. The minimum atomic E-state index is -0.791. The number of carbonyl (C=O) groups excluding carboxylic acids is 3. The molecule has 1 amide bonds. The van der Waals surface area contributed by atoms with Gasteiger partial charge in [-0.3, -0.25) is 14.5 Å². The second kappa shape index (κ2) is 9.52. The molecule has 0 aliphatic carbocycles. The first kappa shape index (κ1) is 23.8. The van der Waals surface area contributed by atoms with E-state index in [0.29, 0.717) is 28.4 Å². The smallest absolute Gasteiger partial charge is 0.338 e. The van der Waals surface area contributed by atoms with Crippen LogP contribution in [-0.4, -0.2) is 34.4 Å². The summed E-state index contributed by atoms with van der Waals surface area (Å²) in [4.78, 5) is 45.8. The first-order valence-corrected chi connectivity index (χ1v) is 12.4. The molecule has 1 aromatic carbocycles. The number of benzene rings is 1. The maximum atomic E-state index is 13.5. The molecular weight excluding hydrogens is 472 g/mol. The van der Waals surface area contributed by atoms with Crippen LogP contribution in [0.4, 0.5) is 5.69 Å². The molecular formula is C25H24N2O5S2. The fraction of sp³-hybridized carbons (Fsp3) is 0.280. The molecule has 1 unspecified atom stereocenters. The highest BCUT2D eigenvalue weighted by Crippen LogP contribution is 2.44. The molecule has 9 heteroatoms. The Balaban J connectivity index is 1.71. The number of amides is 1. The molecule has 0 saturated carbocycles. The van der Waals surface area contributed by atoms with Gasteiger partial charge >= 0.3 is 5.97 Å². The summed E-state index contributed by atoms with van der Waals surface area (Å²) in [6, 6.07) is 9.25. The van der Waals surface area contributed by atoms with Crippen LogP contribution in [-0.2, 0) is 9.53 Å². The Morgan fingerprint density at radius 1 is 1.18 bits per heavy atom. The molecule has 34 heavy (non-hydrogen) atoms. The van der Waals surface area contributed by atoms with E-state index < -0.39 is 29.5 Å². The first-order chi connectivity index (χ1) is 16.2. The van der Waals surface area contributed by atoms with Gasteiger partial charge in [-0.05, 0) is 55.5 Å². The van der Waals surface area contributed by atoms with Gasteiger partial charge in [0.2, 0.25) is 5.78 Å². The number of thiophene rings is 1. The summed E-state index contributed by atoms with van der Waals surface area (Å²) in [5.41, 5.74) is 1.40. The average molecular weight is 497 g/mol. The average Bonchev–Trinajstić information content (AvgIpc) is 3.51. The van der Waals surface area contributed by atoms with Crippen LogP contribution in [0, 0.1) is 19.8 Å². The number of ether oxygens (including phenoxy) is 1. The van der Waals surface area contributed by atoms with Crippen molar-refractivity contribution in [2.24, 2.45) is 5.92 Å². The van der Waals surface area contributed by atoms with Gasteiger partial charge in [-0.1, -0.05) is 19.9 Å². The molecule has 0 fully saturated rings. The van der Waals surface area contributed by atoms with Crippen molar-refractivity contribution >= 4 is 46.0 Å². The molecule has 7 nitrogen and oxygen atoms in total. The molecule has 0 spiro atoms. The van der Waals surface area contributed by atoms with Crippen molar-refractivity contribution in [2.75, 3.05) is 11.5 Å². The van der Waals surface area contributed by atoms with Crippen molar-refractivity contribution in [1.29, 1.82) is 0 Å². The monoisotopic (exact) mass is 496 g/mol. The largest absolute Gasteiger partial charge is 0.503 e. The van der Waals surface area contributed by atoms with Crippen molar-refractivity contribution in [3.8, 4) is 0 Å². The highest BCUT2D eigenvalue weighted by Gasteiger charge is 2.45. The number of aliphatic hydroxyl groups excluding tert-OH is 1. The lowest BCUT2D eigenvalue weighted by Crippen LogP contribution is -2.30. The molecule has 3 heterocycles. The van der Waals surface area contributed by atoms with Gasteiger partial charge in [0.15, 0.2) is 5.76 Å². The number of rotatable bonds is 7. The second-order valence-corrected chi connectivity index (χ2v) is 10.6. The number of carbonyl (C=O) groups is 3. The molecule has 0 bridgehead atoms. The number of hydrogen-bond acceptors (Lipinski definition) is 8. The Bertz CT molecular complexity index is 1270. The fourth-order valence-corrected chi connectivity index (χ4v) is 5.47. The van der Waals surface area contributed by atoms with Gasteiger partial charge in [0.05, 0.1) is 33.3 Å². The molecule has 3 aromatic rings. The summed E-state index contributed by atoms with van der Waals surface area (Å²) in [5, 5.41) is 13.4. The summed E-state index contributed by atoms with van der Waals surface area (Å²) in [5.74, 6) is -1.89. The summed E-state index contributed by atoms with van der Waals surface area (Å²) in [6.07, 6.45) is 0. The van der Waals surface area contributed by atoms with Gasteiger partial charge in [0, 0.05) is 10.6 Å². The topological polar surface area (TPSA) is 96.8 Å². The Morgan fingerprint density at radius 3 is 2.44 bits per heavy atom. The van der Waals surface area contributed by atoms with Gasteiger partial charge in [0.25, 0.3) is 5.91 Å². The summed E-state index contributed by atoms with van der Waals surface area (Å²) >= 11 is 2.62. The number of ketones is 1. The number of esters is 1. The summed E-state index contributed by atoms with van der Waals surface area (Å²) in [6.45, 7) is 7.76. The van der Waals surface area contributed by atoms with Crippen molar-refractivity contribution in [1.82, 2.24) is 4.98 Å². The second-order valence-electron chi connectivity index (χ2n) is 8.37. The molecule has 1 atom stereocenters. The number of nitrogens with zero attached hydrogens (tertiary/aromatic N) is 2. The highest BCUT2D eigenvalue weighted by atomic mass is 32.1. The SMILES string of the molecule is Cc1nc(C)c(C(=O)C2=C(O)C(=O)N(c3ccc(C(=O)OCC(C)C)cc3)C2c2cccs2)s1. The third-order valence-electron chi connectivity index (χ3n) is 5.30. The summed E-state index contributed by atoms with van der Waals surface area (Å²) < 4.78 is 5.27. The van der Waals surface area contributed by atoms with E-state index in [1.807, 2.05) is 31.4 Å². The minimum absolute atomic E-state index is 0.0274. The zero-order chi connectivity index (χ0) is 24.6. The van der Waals surface area contributed by atoms with Gasteiger partial charge in [-0.15, -0.1) is 22.7 Å². The molecule has 0 saturated heterocycles. The number of aromatic nitrogens is 1. The molecule has 4 rings (SSSR count). The summed E-state index contributed by atoms with van der Waals surface area (Å²) in [7, 11) is 0. The van der Waals surface area contributed by atoms with E-state index in [4.69, 9.17) is 4.74 Å². The maximum absolute atomic E-state index is 13.5. The van der Waals surface area contributed by atoms with E-state index in [-0.39, 0.29) is 11.5 Å². The number of Topliss-reactive ketones (excluding diaryl/α,β-unsaturated/α-hetero) is 1. The quantitative estimate of drug-likeness (QED) is 0.347. The number of aliphatic hydroxyl groups is 1. The van der Waals surface area contributed by atoms with Crippen molar-refractivity contribution in [3.63, 3.8) is 0 Å². The predicted octanol–water partition coefficient (Wildman–Crippen LogP) is 5.42. The third-order valence-corrected chi connectivity index (χ3v) is 7.30.